The number of hydrogen-bond donors (Lipinski definition) is 2. The van der Waals surface area contributed by atoms with E-state index in [2.05, 4.69) is 30.5 Å². The van der Waals surface area contributed by atoms with Gasteiger partial charge >= 0.3 is 0 Å². The summed E-state index contributed by atoms with van der Waals surface area (Å²) in [6, 6.07) is 2.12. The highest BCUT2D eigenvalue weighted by Gasteiger charge is 2.26. The Morgan fingerprint density at radius 2 is 2.16 bits per heavy atom. The number of rotatable bonds is 4. The van der Waals surface area contributed by atoms with E-state index >= 15 is 0 Å². The Bertz CT molecular complexity index is 797. The molecule has 1 aliphatic rings. The lowest BCUT2D eigenvalue weighted by molar-refractivity contribution is 0.0952. The second-order valence-corrected chi connectivity index (χ2v) is 6.50. The van der Waals surface area contributed by atoms with E-state index in [1.807, 2.05) is 19.9 Å². The van der Waals surface area contributed by atoms with Crippen molar-refractivity contribution in [1.29, 1.82) is 0 Å². The molecule has 3 rings (SSSR count). The van der Waals surface area contributed by atoms with Crippen molar-refractivity contribution in [3.05, 3.63) is 40.6 Å². The van der Waals surface area contributed by atoms with E-state index in [4.69, 9.17) is 11.6 Å². The van der Waals surface area contributed by atoms with Gasteiger partial charge in [0.25, 0.3) is 5.91 Å². The van der Waals surface area contributed by atoms with Crippen LogP contribution in [0, 0.1) is 13.8 Å². The first-order valence-electron chi connectivity index (χ1n) is 8.18. The van der Waals surface area contributed by atoms with Gasteiger partial charge in [-0.25, -0.2) is 9.97 Å². The Morgan fingerprint density at radius 1 is 1.36 bits per heavy atom. The van der Waals surface area contributed by atoms with E-state index in [1.165, 1.54) is 0 Å². The molecule has 8 heteroatoms. The number of nitrogens with one attached hydrogen (secondary N) is 2. The SMILES string of the molecule is CNC(=O)c1nc(C)c(C)c(N2CC[C@@H](Nc3ccncc3Cl)C2)n1. The van der Waals surface area contributed by atoms with E-state index < -0.39 is 0 Å². The predicted molar refractivity (Wildman–Crippen MR) is 98.4 cm³/mol. The first-order valence-corrected chi connectivity index (χ1v) is 8.55. The van der Waals surface area contributed by atoms with Crippen LogP contribution in [0.4, 0.5) is 11.5 Å². The van der Waals surface area contributed by atoms with Gasteiger partial charge in [0.2, 0.25) is 5.82 Å². The molecule has 1 saturated heterocycles. The van der Waals surface area contributed by atoms with E-state index in [1.54, 1.807) is 19.4 Å². The number of aryl methyl sites for hydroxylation is 1. The van der Waals surface area contributed by atoms with Crippen molar-refractivity contribution in [2.45, 2.75) is 26.3 Å². The molecule has 3 heterocycles. The van der Waals surface area contributed by atoms with Crippen LogP contribution in [-0.2, 0) is 0 Å². The molecule has 2 N–H and O–H groups in total. The van der Waals surface area contributed by atoms with Gasteiger partial charge in [0.15, 0.2) is 0 Å². The Hall–Kier alpha value is -2.41. The molecule has 0 aromatic carbocycles. The van der Waals surface area contributed by atoms with Crippen molar-refractivity contribution < 1.29 is 4.79 Å². The first-order chi connectivity index (χ1) is 12.0. The first kappa shape index (κ1) is 17.4. The summed E-state index contributed by atoms with van der Waals surface area (Å²) in [5.74, 6) is 0.743. The summed E-state index contributed by atoms with van der Waals surface area (Å²) in [5.41, 5.74) is 2.69. The smallest absolute Gasteiger partial charge is 0.288 e. The van der Waals surface area contributed by atoms with E-state index in [9.17, 15) is 4.79 Å². The average Bonchev–Trinajstić information content (AvgIpc) is 3.07. The van der Waals surface area contributed by atoms with Crippen molar-refractivity contribution in [3.8, 4) is 0 Å². The minimum atomic E-state index is -0.276. The average molecular weight is 361 g/mol. The van der Waals surface area contributed by atoms with Crippen LogP contribution in [0.5, 0.6) is 0 Å². The summed E-state index contributed by atoms with van der Waals surface area (Å²) >= 11 is 6.17. The predicted octanol–water partition coefficient (Wildman–Crippen LogP) is 2.19. The number of pyridine rings is 1. The summed E-state index contributed by atoms with van der Waals surface area (Å²) in [4.78, 5) is 26.9. The molecule has 0 radical (unpaired) electrons. The minimum Gasteiger partial charge on any atom is -0.379 e. The van der Waals surface area contributed by atoms with Gasteiger partial charge in [-0.15, -0.1) is 0 Å². The van der Waals surface area contributed by atoms with E-state index in [-0.39, 0.29) is 17.8 Å². The Kier molecular flexibility index (Phi) is 5.03. The third-order valence-corrected chi connectivity index (χ3v) is 4.71. The van der Waals surface area contributed by atoms with Crippen molar-refractivity contribution in [3.63, 3.8) is 0 Å². The number of anilines is 2. The van der Waals surface area contributed by atoms with Gasteiger partial charge in [-0.3, -0.25) is 9.78 Å². The van der Waals surface area contributed by atoms with Gasteiger partial charge in [-0.1, -0.05) is 11.6 Å². The van der Waals surface area contributed by atoms with Gasteiger partial charge in [-0.05, 0) is 26.3 Å². The van der Waals surface area contributed by atoms with Crippen LogP contribution >= 0.6 is 11.6 Å². The number of amides is 1. The van der Waals surface area contributed by atoms with Crippen molar-refractivity contribution in [1.82, 2.24) is 20.3 Å². The van der Waals surface area contributed by atoms with Gasteiger partial charge in [0.05, 0.1) is 10.7 Å². The third-order valence-electron chi connectivity index (χ3n) is 4.41. The third kappa shape index (κ3) is 3.66. The molecule has 1 amide bonds. The number of halogens is 1. The fourth-order valence-electron chi connectivity index (χ4n) is 2.92. The molecule has 2 aromatic rings. The summed E-state index contributed by atoms with van der Waals surface area (Å²) < 4.78 is 0. The zero-order chi connectivity index (χ0) is 18.0. The largest absolute Gasteiger partial charge is 0.379 e. The fourth-order valence-corrected chi connectivity index (χ4v) is 3.09. The second-order valence-electron chi connectivity index (χ2n) is 6.09. The standard InChI is InChI=1S/C17H21ClN6O/c1-10-11(2)21-15(17(25)19-3)23-16(10)24-7-5-12(9-24)22-14-4-6-20-8-13(14)18/h4,6,8,12H,5,7,9H2,1-3H3,(H,19,25)(H,20,22)/t12-/m1/s1. The molecule has 7 nitrogen and oxygen atoms in total. The Morgan fingerprint density at radius 3 is 2.88 bits per heavy atom. The summed E-state index contributed by atoms with van der Waals surface area (Å²) in [5, 5.41) is 6.64. The zero-order valence-corrected chi connectivity index (χ0v) is 15.3. The number of aromatic nitrogens is 3. The highest BCUT2D eigenvalue weighted by atomic mass is 35.5. The maximum atomic E-state index is 11.9. The molecule has 0 saturated carbocycles. The second kappa shape index (κ2) is 7.23. The van der Waals surface area contributed by atoms with Crippen LogP contribution in [0.25, 0.3) is 0 Å². The van der Waals surface area contributed by atoms with Crippen molar-refractivity contribution >= 4 is 29.0 Å². The molecule has 0 aliphatic carbocycles. The molecule has 1 atom stereocenters. The topological polar surface area (TPSA) is 83.0 Å². The van der Waals surface area contributed by atoms with Crippen LogP contribution in [0.15, 0.2) is 18.5 Å². The van der Waals surface area contributed by atoms with Crippen LogP contribution in [0.1, 0.15) is 28.3 Å². The monoisotopic (exact) mass is 360 g/mol. The summed E-state index contributed by atoms with van der Waals surface area (Å²) in [7, 11) is 1.58. The molecule has 132 valence electrons. The van der Waals surface area contributed by atoms with Gasteiger partial charge < -0.3 is 15.5 Å². The molecule has 1 aliphatic heterocycles. The molecule has 0 unspecified atom stereocenters. The molecule has 1 fully saturated rings. The fraction of sp³-hybridized carbons (Fsp3) is 0.412. The summed E-state index contributed by atoms with van der Waals surface area (Å²) in [6.45, 7) is 5.52. The minimum absolute atomic E-state index is 0.203. The lowest BCUT2D eigenvalue weighted by Gasteiger charge is -2.21. The molecule has 2 aromatic heterocycles. The van der Waals surface area contributed by atoms with Gasteiger partial charge in [0.1, 0.15) is 5.82 Å². The van der Waals surface area contributed by atoms with Crippen LogP contribution in [-0.4, -0.2) is 47.0 Å². The summed E-state index contributed by atoms with van der Waals surface area (Å²) in [6.07, 6.45) is 4.30. The molecule has 0 spiro atoms. The maximum absolute atomic E-state index is 11.9. The maximum Gasteiger partial charge on any atom is 0.288 e. The quantitative estimate of drug-likeness (QED) is 0.869. The normalized spacial score (nSPS) is 16.8. The lowest BCUT2D eigenvalue weighted by Crippen LogP contribution is -2.29. The Balaban J connectivity index is 1.79. The molecular formula is C17H21ClN6O. The van der Waals surface area contributed by atoms with Gasteiger partial charge in [-0.2, -0.15) is 0 Å². The lowest BCUT2D eigenvalue weighted by atomic mass is 10.2. The van der Waals surface area contributed by atoms with Crippen molar-refractivity contribution in [2.24, 2.45) is 0 Å². The van der Waals surface area contributed by atoms with Crippen LogP contribution in [0.3, 0.4) is 0 Å². The van der Waals surface area contributed by atoms with E-state index in [0.29, 0.717) is 5.02 Å². The highest BCUT2D eigenvalue weighted by molar-refractivity contribution is 6.33. The van der Waals surface area contributed by atoms with E-state index in [0.717, 1.165) is 42.3 Å². The molecular weight excluding hydrogens is 340 g/mol. The molecule has 0 bridgehead atoms. The zero-order valence-electron chi connectivity index (χ0n) is 14.5. The van der Waals surface area contributed by atoms with Crippen LogP contribution in [0.2, 0.25) is 5.02 Å². The number of carbonyl (C=O) groups excluding carboxylic acids is 1. The van der Waals surface area contributed by atoms with Crippen molar-refractivity contribution in [2.75, 3.05) is 30.4 Å². The Labute approximate surface area is 151 Å². The van der Waals surface area contributed by atoms with Crippen LogP contribution < -0.4 is 15.5 Å². The van der Waals surface area contributed by atoms with Gasteiger partial charge in [0, 0.05) is 49.8 Å². The number of hydrogen-bond acceptors (Lipinski definition) is 6. The molecule has 25 heavy (non-hydrogen) atoms. The highest BCUT2D eigenvalue weighted by Crippen LogP contribution is 2.27. The number of carbonyl (C=O) groups is 1. The number of nitrogens with zero attached hydrogens (tertiary/aromatic N) is 4.